The van der Waals surface area contributed by atoms with Gasteiger partial charge in [-0.1, -0.05) is 115 Å². The van der Waals surface area contributed by atoms with E-state index in [9.17, 15) is 19.2 Å². The van der Waals surface area contributed by atoms with Crippen molar-refractivity contribution in [2.24, 2.45) is 22.4 Å². The normalized spacial score (nSPS) is 18.6. The molecule has 2 aromatic carbocycles. The van der Waals surface area contributed by atoms with Crippen LogP contribution in [0.1, 0.15) is 78.5 Å². The summed E-state index contributed by atoms with van der Waals surface area (Å²) in [6.07, 6.45) is -0.658. The fourth-order valence-corrected chi connectivity index (χ4v) is 6.56. The van der Waals surface area contributed by atoms with Gasteiger partial charge >= 0.3 is 17.9 Å². The number of nitrogens with zero attached hydrogens (tertiary/aromatic N) is 3. The smallest absolute Gasteiger partial charge is 0.347 e. The second-order valence-corrected chi connectivity index (χ2v) is 18.6. The molecule has 0 aliphatic carbocycles. The van der Waals surface area contributed by atoms with E-state index in [2.05, 4.69) is 15.3 Å². The molecule has 0 spiro atoms. The van der Waals surface area contributed by atoms with Crippen molar-refractivity contribution < 1.29 is 47.6 Å². The molecule has 18 heteroatoms. The van der Waals surface area contributed by atoms with Crippen molar-refractivity contribution in [3.05, 3.63) is 87.3 Å². The van der Waals surface area contributed by atoms with Crippen LogP contribution in [-0.4, -0.2) is 78.0 Å². The van der Waals surface area contributed by atoms with Crippen molar-refractivity contribution in [2.75, 3.05) is 20.3 Å². The summed E-state index contributed by atoms with van der Waals surface area (Å²) in [5.41, 5.74) is 9.00. The molecule has 1 amide bonds. The van der Waals surface area contributed by atoms with E-state index in [0.29, 0.717) is 11.3 Å². The van der Waals surface area contributed by atoms with Gasteiger partial charge < -0.3 is 33.7 Å². The van der Waals surface area contributed by atoms with Crippen molar-refractivity contribution in [3.63, 3.8) is 0 Å². The van der Waals surface area contributed by atoms with Gasteiger partial charge in [-0.3, -0.25) is 9.59 Å². The lowest BCUT2D eigenvalue weighted by Gasteiger charge is -2.32. The third-order valence-electron chi connectivity index (χ3n) is 9.18. The third-order valence-corrected chi connectivity index (χ3v) is 9.80. The lowest BCUT2D eigenvalue weighted by molar-refractivity contribution is -0.182. The molecule has 0 radical (unpaired) electrons. The van der Waals surface area contributed by atoms with E-state index in [4.69, 9.17) is 80.4 Å². The predicted octanol–water partition coefficient (Wildman–Crippen LogP) is 8.97. The fraction of sp³-hybridized carbons (Fsp3) is 0.561. The number of nitrogens with one attached hydrogen (secondary N) is 1. The van der Waals surface area contributed by atoms with Gasteiger partial charge in [-0.2, -0.15) is 0 Å². The Balaban J connectivity index is 1.93. The van der Waals surface area contributed by atoms with Crippen molar-refractivity contribution in [2.45, 2.75) is 108 Å². The molecule has 0 saturated carbocycles. The standard InChI is InChI=1S/C41H52Cl4N4O10/c1-24(2)19-32(57-38(53)39(4,5)22-47-49-46)37(52)56-30(25(3)34-35(59-40(6,7)58-34)27-13-10-9-11-14-27)15-12-16-33(50)48-29(36(51)55-23-41(43,44)45)21-26-17-18-31(54-8)28(42)20-26/h9-14,16-18,20,24-25,29-30,32,34-35H,15,19,21-23H2,1-8H3,(H,48,50)/b16-12+/t25-,29+,30-,32-,34+,35+/m0/s1. The number of hydrogen-bond acceptors (Lipinski definition) is 11. The summed E-state index contributed by atoms with van der Waals surface area (Å²) >= 11 is 23.7. The number of carbonyl (C=O) groups is 4. The minimum atomic E-state index is -1.89. The Morgan fingerprint density at radius 2 is 1.69 bits per heavy atom. The minimum absolute atomic E-state index is 0.0106. The Labute approximate surface area is 365 Å². The largest absolute Gasteiger partial charge is 0.495 e. The highest BCUT2D eigenvalue weighted by molar-refractivity contribution is 6.67. The monoisotopic (exact) mass is 900 g/mol. The Morgan fingerprint density at radius 1 is 1.02 bits per heavy atom. The number of methoxy groups -OCH3 is 1. The second kappa shape index (κ2) is 22.2. The summed E-state index contributed by atoms with van der Waals surface area (Å²) in [6, 6.07) is 13.1. The number of halogens is 4. The average molecular weight is 903 g/mol. The molecule has 324 valence electrons. The molecule has 14 nitrogen and oxygen atoms in total. The van der Waals surface area contributed by atoms with Crippen LogP contribution < -0.4 is 10.1 Å². The Hall–Kier alpha value is -3.75. The molecule has 0 aromatic heterocycles. The second-order valence-electron chi connectivity index (χ2n) is 15.7. The van der Waals surface area contributed by atoms with Gasteiger partial charge in [-0.05, 0) is 74.9 Å². The lowest BCUT2D eigenvalue weighted by atomic mass is 9.89. The Bertz CT molecular complexity index is 1830. The van der Waals surface area contributed by atoms with Crippen molar-refractivity contribution in [1.29, 1.82) is 0 Å². The van der Waals surface area contributed by atoms with E-state index in [1.807, 2.05) is 51.1 Å². The van der Waals surface area contributed by atoms with Gasteiger partial charge in [0.25, 0.3) is 0 Å². The molecule has 1 aliphatic rings. The summed E-state index contributed by atoms with van der Waals surface area (Å²) in [6.45, 7) is 11.5. The Morgan fingerprint density at radius 3 is 2.29 bits per heavy atom. The van der Waals surface area contributed by atoms with E-state index in [-0.39, 0.29) is 36.7 Å². The van der Waals surface area contributed by atoms with Crippen molar-refractivity contribution in [1.82, 2.24) is 5.32 Å². The molecule has 1 aliphatic heterocycles. The number of hydrogen-bond donors (Lipinski definition) is 1. The van der Waals surface area contributed by atoms with Gasteiger partial charge in [-0.25, -0.2) is 9.59 Å². The molecule has 1 N–H and O–H groups in total. The zero-order chi connectivity index (χ0) is 44.1. The highest BCUT2D eigenvalue weighted by atomic mass is 35.6. The van der Waals surface area contributed by atoms with E-state index in [1.54, 1.807) is 45.9 Å². The summed E-state index contributed by atoms with van der Waals surface area (Å²) in [5.74, 6) is -4.33. The van der Waals surface area contributed by atoms with Crippen LogP contribution in [0.3, 0.4) is 0 Å². The van der Waals surface area contributed by atoms with Crippen molar-refractivity contribution in [3.8, 4) is 5.75 Å². The molecule has 2 aromatic rings. The van der Waals surface area contributed by atoms with E-state index in [0.717, 1.165) is 5.56 Å². The predicted molar refractivity (Wildman–Crippen MR) is 224 cm³/mol. The van der Waals surface area contributed by atoms with Gasteiger partial charge in [0.1, 0.15) is 30.6 Å². The summed E-state index contributed by atoms with van der Waals surface area (Å²) < 4.78 is 33.1. The van der Waals surface area contributed by atoms with Crippen LogP contribution in [0.4, 0.5) is 0 Å². The Kier molecular flexibility index (Phi) is 18.7. The molecular formula is C41H52Cl4N4O10. The summed E-state index contributed by atoms with van der Waals surface area (Å²) in [5, 5.41) is 6.43. The highest BCUT2D eigenvalue weighted by Gasteiger charge is 2.47. The highest BCUT2D eigenvalue weighted by Crippen LogP contribution is 2.43. The topological polar surface area (TPSA) is 184 Å². The zero-order valence-electron chi connectivity index (χ0n) is 34.3. The number of benzene rings is 2. The van der Waals surface area contributed by atoms with Gasteiger partial charge in [0.2, 0.25) is 9.70 Å². The first-order valence-corrected chi connectivity index (χ1v) is 20.4. The number of rotatable bonds is 20. The molecule has 3 rings (SSSR count). The van der Waals surface area contributed by atoms with Crippen LogP contribution in [0, 0.1) is 17.3 Å². The van der Waals surface area contributed by atoms with Gasteiger partial charge in [0.15, 0.2) is 11.9 Å². The van der Waals surface area contributed by atoms with Crippen LogP contribution >= 0.6 is 46.4 Å². The van der Waals surface area contributed by atoms with Crippen LogP contribution in [-0.2, 0) is 49.3 Å². The number of ether oxygens (including phenoxy) is 6. The van der Waals surface area contributed by atoms with E-state index in [1.165, 1.54) is 19.3 Å². The maximum absolute atomic E-state index is 14.0. The maximum atomic E-state index is 14.0. The SMILES string of the molecule is COc1ccc(C[C@@H](NC(=O)/C=C/C[C@H](OC(=O)[C@H](CC(C)C)OC(=O)C(C)(C)CN=[N+]=[N-])[C@H](C)[C@H]2OC(C)(C)O[C@@H]2c2ccccc2)C(=O)OCC(Cl)(Cl)Cl)cc1Cl. The van der Waals surface area contributed by atoms with E-state index < -0.39 is 81.8 Å². The van der Waals surface area contributed by atoms with E-state index >= 15 is 0 Å². The first-order valence-electron chi connectivity index (χ1n) is 18.9. The van der Waals surface area contributed by atoms with Gasteiger partial charge in [-0.15, -0.1) is 0 Å². The van der Waals surface area contributed by atoms with Crippen LogP contribution in [0.2, 0.25) is 5.02 Å². The van der Waals surface area contributed by atoms with Gasteiger partial charge in [0, 0.05) is 30.2 Å². The maximum Gasteiger partial charge on any atom is 0.347 e. The number of amides is 1. The molecule has 59 heavy (non-hydrogen) atoms. The number of alkyl halides is 3. The first kappa shape index (κ1) is 49.6. The summed E-state index contributed by atoms with van der Waals surface area (Å²) in [7, 11) is 1.46. The molecular weight excluding hydrogens is 850 g/mol. The average Bonchev–Trinajstić information content (AvgIpc) is 3.49. The summed E-state index contributed by atoms with van der Waals surface area (Å²) in [4.78, 5) is 56.6. The number of esters is 3. The third kappa shape index (κ3) is 16.0. The quantitative estimate of drug-likeness (QED) is 0.0256. The lowest BCUT2D eigenvalue weighted by Crippen LogP contribution is -2.43. The molecule has 1 heterocycles. The molecule has 1 fully saturated rings. The molecule has 0 bridgehead atoms. The van der Waals surface area contributed by atoms with Crippen LogP contribution in [0.15, 0.2) is 65.8 Å². The minimum Gasteiger partial charge on any atom is -0.495 e. The number of carbonyl (C=O) groups excluding carboxylic acids is 4. The zero-order valence-corrected chi connectivity index (χ0v) is 37.3. The van der Waals surface area contributed by atoms with Crippen molar-refractivity contribution >= 4 is 70.2 Å². The fourth-order valence-electron chi connectivity index (χ4n) is 6.11. The molecule has 6 atom stereocenters. The van der Waals surface area contributed by atoms with Crippen LogP contribution in [0.25, 0.3) is 10.4 Å². The number of azide groups is 1. The molecule has 0 unspecified atom stereocenters. The van der Waals surface area contributed by atoms with Crippen LogP contribution in [0.5, 0.6) is 5.75 Å². The molecule has 1 saturated heterocycles. The van der Waals surface area contributed by atoms with Gasteiger partial charge in [0.05, 0.1) is 23.7 Å². The first-order chi connectivity index (χ1) is 27.6.